The van der Waals surface area contributed by atoms with Crippen LogP contribution in [0.1, 0.15) is 11.3 Å². The summed E-state index contributed by atoms with van der Waals surface area (Å²) < 4.78 is 10.3. The van der Waals surface area contributed by atoms with Crippen molar-refractivity contribution in [3.05, 3.63) is 64.4 Å². The Morgan fingerprint density at radius 2 is 1.79 bits per heavy atom. The number of rotatable bonds is 4. The first-order chi connectivity index (χ1) is 14.0. The number of fused-ring (bicyclic) bond motifs is 2. The minimum absolute atomic E-state index is 0.448. The van der Waals surface area contributed by atoms with Gasteiger partial charge < -0.3 is 19.6 Å². The molecule has 0 saturated heterocycles. The van der Waals surface area contributed by atoms with Gasteiger partial charge in [0, 0.05) is 28.5 Å². The van der Waals surface area contributed by atoms with Crippen molar-refractivity contribution in [3.8, 4) is 0 Å². The smallest absolute Gasteiger partial charge is 0.408 e. The maximum atomic E-state index is 11.3. The number of aromatic nitrogens is 4. The van der Waals surface area contributed by atoms with Gasteiger partial charge in [-0.15, -0.1) is 0 Å². The molecule has 0 aliphatic rings. The first kappa shape index (κ1) is 17.0. The van der Waals surface area contributed by atoms with Gasteiger partial charge in [-0.25, -0.2) is 9.78 Å². The predicted molar refractivity (Wildman–Crippen MR) is 109 cm³/mol. The minimum Gasteiger partial charge on any atom is -0.408 e. The van der Waals surface area contributed by atoms with Gasteiger partial charge in [-0.1, -0.05) is 5.16 Å². The third kappa shape index (κ3) is 3.18. The van der Waals surface area contributed by atoms with E-state index >= 15 is 0 Å². The van der Waals surface area contributed by atoms with E-state index in [2.05, 4.69) is 30.7 Å². The highest BCUT2D eigenvalue weighted by molar-refractivity contribution is 5.84. The van der Waals surface area contributed by atoms with E-state index in [-0.39, 0.29) is 0 Å². The maximum Gasteiger partial charge on any atom is 0.417 e. The maximum absolute atomic E-state index is 11.3. The summed E-state index contributed by atoms with van der Waals surface area (Å²) >= 11 is 0. The second-order valence-electron chi connectivity index (χ2n) is 6.68. The van der Waals surface area contributed by atoms with Crippen molar-refractivity contribution in [2.45, 2.75) is 13.8 Å². The molecule has 0 unspecified atom stereocenters. The molecule has 0 atom stereocenters. The molecule has 0 spiro atoms. The number of nitrogens with one attached hydrogen (secondary N) is 3. The molecule has 0 saturated carbocycles. The third-order valence-electron chi connectivity index (χ3n) is 4.56. The first-order valence-electron chi connectivity index (χ1n) is 8.92. The summed E-state index contributed by atoms with van der Waals surface area (Å²) in [6.07, 6.45) is 1.74. The number of benzene rings is 2. The van der Waals surface area contributed by atoms with E-state index in [4.69, 9.17) is 8.94 Å². The lowest BCUT2D eigenvalue weighted by molar-refractivity contribution is 0.450. The van der Waals surface area contributed by atoms with Crippen LogP contribution in [0.3, 0.4) is 0 Å². The Labute approximate surface area is 163 Å². The van der Waals surface area contributed by atoms with Crippen molar-refractivity contribution in [1.29, 1.82) is 0 Å². The van der Waals surface area contributed by atoms with Gasteiger partial charge >= 0.3 is 5.76 Å². The number of anilines is 4. The lowest BCUT2D eigenvalue weighted by Crippen LogP contribution is -2.02. The highest BCUT2D eigenvalue weighted by atomic mass is 16.5. The summed E-state index contributed by atoms with van der Waals surface area (Å²) in [7, 11) is 0. The molecule has 0 aliphatic heterocycles. The largest absolute Gasteiger partial charge is 0.417 e. The van der Waals surface area contributed by atoms with Crippen molar-refractivity contribution < 1.29 is 8.94 Å². The van der Waals surface area contributed by atoms with E-state index in [0.29, 0.717) is 22.9 Å². The standard InChI is InChI=1S/C20H16N6O3/c1-10-9-21-19(23-12-3-5-16-14(7-12)11(2)26-29-16)25-18(10)22-13-4-6-17-15(8-13)24-20(27)28-17/h3-9H,1-2H3,(H,24,27)(H2,21,22,23,25). The Bertz CT molecular complexity index is 1420. The van der Waals surface area contributed by atoms with Crippen LogP contribution in [0.2, 0.25) is 0 Å². The van der Waals surface area contributed by atoms with Crippen molar-refractivity contribution in [2.24, 2.45) is 0 Å². The summed E-state index contributed by atoms with van der Waals surface area (Å²) in [4.78, 5) is 22.9. The highest BCUT2D eigenvalue weighted by Crippen LogP contribution is 2.25. The van der Waals surface area contributed by atoms with E-state index in [1.54, 1.807) is 18.3 Å². The van der Waals surface area contributed by atoms with Gasteiger partial charge in [-0.05, 0) is 50.2 Å². The molecule has 0 amide bonds. The molecule has 144 valence electrons. The van der Waals surface area contributed by atoms with Gasteiger partial charge in [0.15, 0.2) is 11.2 Å². The zero-order chi connectivity index (χ0) is 20.0. The van der Waals surface area contributed by atoms with Crippen LogP contribution in [-0.2, 0) is 0 Å². The molecule has 0 radical (unpaired) electrons. The molecule has 9 nitrogen and oxygen atoms in total. The van der Waals surface area contributed by atoms with Gasteiger partial charge in [0.05, 0.1) is 11.2 Å². The fourth-order valence-electron chi connectivity index (χ4n) is 3.06. The topological polar surface area (TPSA) is 122 Å². The van der Waals surface area contributed by atoms with Crippen molar-refractivity contribution >= 4 is 45.2 Å². The normalized spacial score (nSPS) is 11.2. The summed E-state index contributed by atoms with van der Waals surface area (Å²) in [5.74, 6) is 0.612. The Morgan fingerprint density at radius 3 is 2.66 bits per heavy atom. The highest BCUT2D eigenvalue weighted by Gasteiger charge is 2.09. The minimum atomic E-state index is -0.484. The average Bonchev–Trinajstić information content (AvgIpc) is 3.26. The van der Waals surface area contributed by atoms with Crippen LogP contribution >= 0.6 is 0 Å². The van der Waals surface area contributed by atoms with Crippen LogP contribution < -0.4 is 16.4 Å². The Balaban J connectivity index is 1.43. The average molecular weight is 388 g/mol. The van der Waals surface area contributed by atoms with Crippen LogP contribution in [-0.4, -0.2) is 20.1 Å². The van der Waals surface area contributed by atoms with E-state index in [9.17, 15) is 4.79 Å². The Hall–Kier alpha value is -4.14. The summed E-state index contributed by atoms with van der Waals surface area (Å²) in [5.41, 5.74) is 5.14. The molecule has 3 N–H and O–H groups in total. The fraction of sp³-hybridized carbons (Fsp3) is 0.100. The molecule has 0 fully saturated rings. The summed E-state index contributed by atoms with van der Waals surface area (Å²) in [5, 5.41) is 11.4. The molecule has 0 bridgehead atoms. The number of aryl methyl sites for hydroxylation is 2. The van der Waals surface area contributed by atoms with Crippen LogP contribution in [0, 0.1) is 13.8 Å². The number of hydrogen-bond donors (Lipinski definition) is 3. The SMILES string of the molecule is Cc1cnc(Nc2ccc3onc(C)c3c2)nc1Nc1ccc2oc(=O)[nH]c2c1. The molecular weight excluding hydrogens is 372 g/mol. The first-order valence-corrected chi connectivity index (χ1v) is 8.92. The van der Waals surface area contributed by atoms with Gasteiger partial charge in [-0.2, -0.15) is 4.98 Å². The van der Waals surface area contributed by atoms with Gasteiger partial charge in [-0.3, -0.25) is 4.98 Å². The molecule has 29 heavy (non-hydrogen) atoms. The Kier molecular flexibility index (Phi) is 3.80. The zero-order valence-corrected chi connectivity index (χ0v) is 15.6. The number of nitrogens with zero attached hydrogens (tertiary/aromatic N) is 3. The number of oxazole rings is 1. The van der Waals surface area contributed by atoms with Crippen LogP contribution in [0.5, 0.6) is 0 Å². The lowest BCUT2D eigenvalue weighted by Gasteiger charge is -2.11. The summed E-state index contributed by atoms with van der Waals surface area (Å²) in [6, 6.07) is 11.0. The number of aromatic amines is 1. The molecule has 2 aromatic carbocycles. The molecule has 5 aromatic rings. The van der Waals surface area contributed by atoms with Gasteiger partial charge in [0.25, 0.3) is 0 Å². The van der Waals surface area contributed by atoms with Gasteiger partial charge in [0.2, 0.25) is 5.95 Å². The molecule has 3 aromatic heterocycles. The quantitative estimate of drug-likeness (QED) is 0.420. The summed E-state index contributed by atoms with van der Waals surface area (Å²) in [6.45, 7) is 3.81. The van der Waals surface area contributed by atoms with E-state index < -0.39 is 5.76 Å². The second-order valence-corrected chi connectivity index (χ2v) is 6.68. The van der Waals surface area contributed by atoms with E-state index in [1.807, 2.05) is 38.1 Å². The number of hydrogen-bond acceptors (Lipinski definition) is 8. The van der Waals surface area contributed by atoms with E-state index in [1.165, 1.54) is 0 Å². The van der Waals surface area contributed by atoms with Crippen LogP contribution in [0.15, 0.2) is 56.3 Å². The zero-order valence-electron chi connectivity index (χ0n) is 15.6. The predicted octanol–water partition coefficient (Wildman–Crippen LogP) is 4.16. The molecule has 9 heteroatoms. The molecule has 3 heterocycles. The monoisotopic (exact) mass is 388 g/mol. The van der Waals surface area contributed by atoms with Crippen molar-refractivity contribution in [2.75, 3.05) is 10.6 Å². The van der Waals surface area contributed by atoms with Gasteiger partial charge in [0.1, 0.15) is 5.82 Å². The number of H-pyrrole nitrogens is 1. The lowest BCUT2D eigenvalue weighted by atomic mass is 10.2. The fourth-order valence-corrected chi connectivity index (χ4v) is 3.06. The van der Waals surface area contributed by atoms with Crippen LogP contribution in [0.4, 0.5) is 23.1 Å². The van der Waals surface area contributed by atoms with Crippen LogP contribution in [0.25, 0.3) is 22.1 Å². The van der Waals surface area contributed by atoms with Crippen molar-refractivity contribution in [1.82, 2.24) is 20.1 Å². The van der Waals surface area contributed by atoms with E-state index in [0.717, 1.165) is 33.6 Å². The Morgan fingerprint density at radius 1 is 1.00 bits per heavy atom. The van der Waals surface area contributed by atoms with Crippen molar-refractivity contribution in [3.63, 3.8) is 0 Å². The molecule has 0 aliphatic carbocycles. The third-order valence-corrected chi connectivity index (χ3v) is 4.56. The molecule has 5 rings (SSSR count). The second kappa shape index (κ2) is 6.48. The molecular formula is C20H16N6O3.